The van der Waals surface area contributed by atoms with Gasteiger partial charge in [-0.1, -0.05) is 11.6 Å². The normalized spacial score (nSPS) is 22.0. The second-order valence-corrected chi connectivity index (χ2v) is 7.39. The number of aryl methyl sites for hydroxylation is 1. The maximum absolute atomic E-state index is 12.4. The lowest BCUT2D eigenvalue weighted by Crippen LogP contribution is -2.33. The highest BCUT2D eigenvalue weighted by molar-refractivity contribution is 7.89. The van der Waals surface area contributed by atoms with E-state index in [4.69, 9.17) is 26.2 Å². The van der Waals surface area contributed by atoms with E-state index in [1.165, 1.54) is 13.2 Å². The van der Waals surface area contributed by atoms with Crippen LogP contribution < -0.4 is 9.46 Å². The molecule has 0 aromatic heterocycles. The third kappa shape index (κ3) is 3.91. The molecule has 2 rings (SSSR count). The van der Waals surface area contributed by atoms with Crippen LogP contribution in [0.25, 0.3) is 0 Å². The maximum Gasteiger partial charge on any atom is 0.240 e. The zero-order valence-corrected chi connectivity index (χ0v) is 14.1. The van der Waals surface area contributed by atoms with Crippen molar-refractivity contribution in [3.63, 3.8) is 0 Å². The lowest BCUT2D eigenvalue weighted by molar-refractivity contribution is 0.0144. The minimum Gasteiger partial charge on any atom is -0.495 e. The van der Waals surface area contributed by atoms with Gasteiger partial charge in [-0.15, -0.1) is 0 Å². The summed E-state index contributed by atoms with van der Waals surface area (Å²) in [5.41, 5.74) is 0.550. The van der Waals surface area contributed by atoms with E-state index in [0.717, 1.165) is 12.8 Å². The van der Waals surface area contributed by atoms with E-state index >= 15 is 0 Å². The first-order valence-electron chi connectivity index (χ1n) is 6.97. The van der Waals surface area contributed by atoms with Gasteiger partial charge in [0.1, 0.15) is 5.75 Å². The van der Waals surface area contributed by atoms with Crippen molar-refractivity contribution in [2.75, 3.05) is 20.3 Å². The second kappa shape index (κ2) is 7.14. The van der Waals surface area contributed by atoms with E-state index < -0.39 is 10.0 Å². The van der Waals surface area contributed by atoms with Gasteiger partial charge in [0, 0.05) is 6.54 Å². The van der Waals surface area contributed by atoms with Gasteiger partial charge in [0.25, 0.3) is 0 Å². The molecule has 1 fully saturated rings. The molecule has 124 valence electrons. The summed E-state index contributed by atoms with van der Waals surface area (Å²) in [6.07, 6.45) is 1.03. The van der Waals surface area contributed by atoms with Crippen LogP contribution in [-0.2, 0) is 14.8 Å². The molecular weight excluding hydrogens is 330 g/mol. The molecule has 22 heavy (non-hydrogen) atoms. The van der Waals surface area contributed by atoms with E-state index in [-0.39, 0.29) is 35.3 Å². The predicted molar refractivity (Wildman–Crippen MR) is 82.9 cm³/mol. The lowest BCUT2D eigenvalue weighted by Gasteiger charge is -2.15. The Morgan fingerprint density at radius 1 is 1.41 bits per heavy atom. The molecule has 0 unspecified atom stereocenters. The van der Waals surface area contributed by atoms with Crippen LogP contribution in [-0.4, -0.2) is 46.0 Å². The second-order valence-electron chi connectivity index (χ2n) is 5.24. The highest BCUT2D eigenvalue weighted by Crippen LogP contribution is 2.30. The fraction of sp³-hybridized carbons (Fsp3) is 0.571. The van der Waals surface area contributed by atoms with Crippen molar-refractivity contribution >= 4 is 21.6 Å². The van der Waals surface area contributed by atoms with Crippen LogP contribution in [0.5, 0.6) is 5.75 Å². The lowest BCUT2D eigenvalue weighted by atomic mass is 10.2. The van der Waals surface area contributed by atoms with Crippen molar-refractivity contribution in [1.29, 1.82) is 0 Å². The number of ether oxygens (including phenoxy) is 2. The van der Waals surface area contributed by atoms with Gasteiger partial charge in [-0.05, 0) is 37.5 Å². The van der Waals surface area contributed by atoms with E-state index in [9.17, 15) is 8.42 Å². The number of hydrogen-bond acceptors (Lipinski definition) is 5. The van der Waals surface area contributed by atoms with Crippen LogP contribution in [0.4, 0.5) is 0 Å². The molecule has 1 aliphatic heterocycles. The molecular formula is C14H20ClNO5S. The van der Waals surface area contributed by atoms with E-state index in [2.05, 4.69) is 4.72 Å². The molecule has 0 amide bonds. The van der Waals surface area contributed by atoms with Gasteiger partial charge in [-0.3, -0.25) is 0 Å². The van der Waals surface area contributed by atoms with Crippen LogP contribution in [0.2, 0.25) is 5.02 Å². The standard InChI is InChI=1S/C14H20ClNO5S/c1-9-5-13(20-2)12(15)6-14(9)22(18,19)16-7-10-3-4-11(8-17)21-10/h5-6,10-11,16-17H,3-4,7-8H2,1-2H3/t10-,11+/m1/s1. The van der Waals surface area contributed by atoms with Crippen molar-refractivity contribution in [2.24, 2.45) is 0 Å². The molecule has 1 aromatic rings. The fourth-order valence-corrected chi connectivity index (χ4v) is 4.05. The quantitative estimate of drug-likeness (QED) is 0.812. The van der Waals surface area contributed by atoms with Crippen LogP contribution in [0.3, 0.4) is 0 Å². The molecule has 1 heterocycles. The van der Waals surface area contributed by atoms with Crippen molar-refractivity contribution in [2.45, 2.75) is 36.9 Å². The Labute approximate surface area is 135 Å². The van der Waals surface area contributed by atoms with Gasteiger partial charge in [0.2, 0.25) is 10.0 Å². The van der Waals surface area contributed by atoms with Crippen LogP contribution in [0.15, 0.2) is 17.0 Å². The largest absolute Gasteiger partial charge is 0.495 e. The SMILES string of the molecule is COc1cc(C)c(S(=O)(=O)NC[C@H]2CC[C@@H](CO)O2)cc1Cl. The first-order valence-corrected chi connectivity index (χ1v) is 8.83. The Kier molecular flexibility index (Phi) is 5.68. The van der Waals surface area contributed by atoms with E-state index in [1.807, 2.05) is 0 Å². The summed E-state index contributed by atoms with van der Waals surface area (Å²) in [7, 11) is -2.21. The summed E-state index contributed by atoms with van der Waals surface area (Å²) in [5.74, 6) is 0.433. The number of aliphatic hydroxyl groups excluding tert-OH is 1. The number of benzene rings is 1. The summed E-state index contributed by atoms with van der Waals surface area (Å²) in [4.78, 5) is 0.120. The van der Waals surface area contributed by atoms with Crippen LogP contribution in [0, 0.1) is 6.92 Å². The Balaban J connectivity index is 2.09. The summed E-state index contributed by atoms with van der Waals surface area (Å²) < 4.78 is 37.9. The molecule has 6 nitrogen and oxygen atoms in total. The number of hydrogen-bond donors (Lipinski definition) is 2. The van der Waals surface area contributed by atoms with Gasteiger partial charge < -0.3 is 14.6 Å². The fourth-order valence-electron chi connectivity index (χ4n) is 2.43. The van der Waals surface area contributed by atoms with E-state index in [0.29, 0.717) is 11.3 Å². The minimum absolute atomic E-state index is 0.0452. The third-order valence-corrected chi connectivity index (χ3v) is 5.50. The Hall–Kier alpha value is -0.860. The number of halogens is 1. The Bertz CT molecular complexity index is 634. The first kappa shape index (κ1) is 17.5. The summed E-state index contributed by atoms with van der Waals surface area (Å²) in [5, 5.41) is 9.26. The Morgan fingerprint density at radius 3 is 2.68 bits per heavy atom. The number of sulfonamides is 1. The van der Waals surface area contributed by atoms with Gasteiger partial charge >= 0.3 is 0 Å². The molecule has 0 spiro atoms. The van der Waals surface area contributed by atoms with Crippen LogP contribution in [0.1, 0.15) is 18.4 Å². The molecule has 1 aliphatic rings. The van der Waals surface area contributed by atoms with Crippen molar-refractivity contribution in [1.82, 2.24) is 4.72 Å². The highest BCUT2D eigenvalue weighted by Gasteiger charge is 2.27. The average Bonchev–Trinajstić information content (AvgIpc) is 2.95. The summed E-state index contributed by atoms with van der Waals surface area (Å²) in [6.45, 7) is 1.81. The maximum atomic E-state index is 12.4. The average molecular weight is 350 g/mol. The zero-order valence-electron chi connectivity index (χ0n) is 12.5. The number of rotatable bonds is 6. The Morgan fingerprint density at radius 2 is 2.09 bits per heavy atom. The summed E-state index contributed by atoms with van der Waals surface area (Å²) in [6, 6.07) is 2.97. The molecule has 0 aliphatic carbocycles. The van der Waals surface area contributed by atoms with Gasteiger partial charge in [0.05, 0.1) is 35.8 Å². The minimum atomic E-state index is -3.68. The number of aliphatic hydroxyl groups is 1. The van der Waals surface area contributed by atoms with Crippen LogP contribution >= 0.6 is 11.6 Å². The number of nitrogens with one attached hydrogen (secondary N) is 1. The van der Waals surface area contributed by atoms with Crippen molar-refractivity contribution < 1.29 is 23.0 Å². The third-order valence-electron chi connectivity index (χ3n) is 3.64. The molecule has 8 heteroatoms. The van der Waals surface area contributed by atoms with Gasteiger partial charge in [-0.2, -0.15) is 0 Å². The molecule has 1 aromatic carbocycles. The highest BCUT2D eigenvalue weighted by atomic mass is 35.5. The molecule has 2 atom stereocenters. The first-order chi connectivity index (χ1) is 10.4. The van der Waals surface area contributed by atoms with Gasteiger partial charge in [0.15, 0.2) is 0 Å². The molecule has 0 saturated carbocycles. The number of methoxy groups -OCH3 is 1. The topological polar surface area (TPSA) is 84.9 Å². The molecule has 0 bridgehead atoms. The molecule has 2 N–H and O–H groups in total. The van der Waals surface area contributed by atoms with Crippen molar-refractivity contribution in [3.05, 3.63) is 22.7 Å². The molecule has 0 radical (unpaired) electrons. The monoisotopic (exact) mass is 349 g/mol. The molecule has 1 saturated heterocycles. The smallest absolute Gasteiger partial charge is 0.240 e. The van der Waals surface area contributed by atoms with E-state index in [1.54, 1.807) is 13.0 Å². The van der Waals surface area contributed by atoms with Gasteiger partial charge in [-0.25, -0.2) is 13.1 Å². The summed E-state index contributed by atoms with van der Waals surface area (Å²) >= 11 is 6.00. The predicted octanol–water partition coefficient (Wildman–Crippen LogP) is 1.48. The zero-order chi connectivity index (χ0) is 16.3. The van der Waals surface area contributed by atoms with Crippen molar-refractivity contribution in [3.8, 4) is 5.75 Å².